The predicted molar refractivity (Wildman–Crippen MR) is 156 cm³/mol. The molecule has 0 aliphatic carbocycles. The lowest BCUT2D eigenvalue weighted by Crippen LogP contribution is -2.54. The number of ether oxygens (including phenoxy) is 1. The molecule has 0 aliphatic rings. The van der Waals surface area contributed by atoms with Crippen LogP contribution in [0.3, 0.4) is 0 Å². The van der Waals surface area contributed by atoms with Crippen LogP contribution in [0.15, 0.2) is 48.5 Å². The molecule has 1 amide bonds. The summed E-state index contributed by atoms with van der Waals surface area (Å²) in [5, 5.41) is 13.0. The molecular weight excluding hydrogens is 532 g/mol. The van der Waals surface area contributed by atoms with Gasteiger partial charge in [0, 0.05) is 0 Å². The maximum absolute atomic E-state index is 13.7. The molecule has 222 valence electrons. The van der Waals surface area contributed by atoms with Crippen LogP contribution in [0.1, 0.15) is 64.7 Å². The number of carboxylic acid groups (broad SMARTS) is 1. The maximum Gasteiger partial charge on any atom is 0.407 e. The Bertz CT molecular complexity index is 1110. The number of carbonyl (C=O) groups is 2. The van der Waals surface area contributed by atoms with Crippen LogP contribution >= 0.6 is 0 Å². The van der Waals surface area contributed by atoms with Gasteiger partial charge in [-0.3, -0.25) is 4.79 Å². The van der Waals surface area contributed by atoms with E-state index in [0.29, 0.717) is 5.56 Å². The molecule has 2 rings (SSSR count). The van der Waals surface area contributed by atoms with Crippen molar-refractivity contribution in [1.29, 1.82) is 0 Å². The number of benzene rings is 2. The Kier molecular flexibility index (Phi) is 11.5. The second kappa shape index (κ2) is 13.7. The average molecular weight is 578 g/mol. The molecule has 0 bridgehead atoms. The molecule has 0 heterocycles. The highest BCUT2D eigenvalue weighted by Crippen LogP contribution is 2.39. The van der Waals surface area contributed by atoms with Crippen LogP contribution in [0.5, 0.6) is 0 Å². The van der Waals surface area contributed by atoms with Crippen molar-refractivity contribution in [2.24, 2.45) is 5.92 Å². The highest BCUT2D eigenvalue weighted by Gasteiger charge is 2.42. The smallest absolute Gasteiger partial charge is 0.407 e. The average Bonchev–Trinajstić information content (AvgIpc) is 2.82. The number of alkyl halides is 1. The zero-order valence-corrected chi connectivity index (χ0v) is 26.0. The minimum atomic E-state index is -2.45. The van der Waals surface area contributed by atoms with Crippen LogP contribution in [0.2, 0.25) is 18.1 Å². The van der Waals surface area contributed by atoms with Crippen LogP contribution in [0, 0.1) is 11.7 Å². The van der Waals surface area contributed by atoms with Crippen molar-refractivity contribution < 1.29 is 32.6 Å². The van der Waals surface area contributed by atoms with Crippen molar-refractivity contribution >= 4 is 20.4 Å². The standard InChI is InChI=1S/C31H45F2NO5Si/c1-30(2,3)38-29(37)34-26(18-22-13-15-25(33)16-14-22)27(39-40(7,8)31(4,5)6)19-24(28(35)36)17-21-9-11-23(20-32)12-10-21/h9-16,24,26-27H,17-20H2,1-8H3,(H,34,37)(H,35,36)/t24-,26+,27+/m1/s1. The highest BCUT2D eigenvalue weighted by atomic mass is 28.4. The molecule has 0 radical (unpaired) electrons. The summed E-state index contributed by atoms with van der Waals surface area (Å²) < 4.78 is 39.0. The first kappa shape index (κ1) is 33.4. The Balaban J connectivity index is 2.49. The molecule has 40 heavy (non-hydrogen) atoms. The first-order valence-electron chi connectivity index (χ1n) is 13.7. The third-order valence-corrected chi connectivity index (χ3v) is 11.8. The second-order valence-electron chi connectivity index (χ2n) is 12.9. The molecule has 3 atom stereocenters. The molecule has 2 aromatic rings. The highest BCUT2D eigenvalue weighted by molar-refractivity contribution is 6.74. The molecule has 0 fully saturated rings. The summed E-state index contributed by atoms with van der Waals surface area (Å²) in [5.41, 5.74) is 1.32. The number of carboxylic acids is 1. The number of hydrogen-bond donors (Lipinski definition) is 2. The van der Waals surface area contributed by atoms with Gasteiger partial charge in [-0.15, -0.1) is 0 Å². The van der Waals surface area contributed by atoms with Crippen molar-refractivity contribution in [2.45, 2.75) is 103 Å². The molecule has 0 unspecified atom stereocenters. The van der Waals surface area contributed by atoms with Crippen molar-refractivity contribution in [1.82, 2.24) is 5.32 Å². The molecular formula is C31H45F2NO5Si. The number of amides is 1. The maximum atomic E-state index is 13.7. The first-order valence-corrected chi connectivity index (χ1v) is 16.6. The monoisotopic (exact) mass is 577 g/mol. The number of halogens is 2. The second-order valence-corrected chi connectivity index (χ2v) is 17.7. The number of alkyl carbamates (subject to hydrolysis) is 1. The van der Waals surface area contributed by atoms with Crippen molar-refractivity contribution in [3.05, 3.63) is 71.0 Å². The van der Waals surface area contributed by atoms with E-state index in [1.165, 1.54) is 12.1 Å². The molecule has 2 N–H and O–H groups in total. The molecule has 9 heteroatoms. The van der Waals surface area contributed by atoms with Gasteiger partial charge in [0.1, 0.15) is 18.1 Å². The van der Waals surface area contributed by atoms with E-state index < -0.39 is 50.7 Å². The molecule has 0 aromatic heterocycles. The van der Waals surface area contributed by atoms with Gasteiger partial charge in [-0.05, 0) is 87.0 Å². The summed E-state index contributed by atoms with van der Waals surface area (Å²) in [6.07, 6.45) is -0.693. The molecule has 0 aliphatic heterocycles. The number of hydrogen-bond acceptors (Lipinski definition) is 4. The van der Waals surface area contributed by atoms with E-state index in [1.54, 1.807) is 57.2 Å². The molecule has 0 saturated heterocycles. The summed E-state index contributed by atoms with van der Waals surface area (Å²) >= 11 is 0. The van der Waals surface area contributed by atoms with E-state index in [9.17, 15) is 23.5 Å². The zero-order chi connectivity index (χ0) is 30.3. The molecule has 2 aromatic carbocycles. The van der Waals surface area contributed by atoms with Gasteiger partial charge in [0.2, 0.25) is 0 Å². The van der Waals surface area contributed by atoms with E-state index in [1.807, 2.05) is 0 Å². The lowest BCUT2D eigenvalue weighted by molar-refractivity contribution is -0.142. The Morgan fingerprint density at radius 3 is 1.88 bits per heavy atom. The van der Waals surface area contributed by atoms with Crippen LogP contribution in [0.4, 0.5) is 13.6 Å². The summed E-state index contributed by atoms with van der Waals surface area (Å²) in [7, 11) is -2.45. The fourth-order valence-electron chi connectivity index (χ4n) is 4.06. The minimum Gasteiger partial charge on any atom is -0.481 e. The Morgan fingerprint density at radius 2 is 1.40 bits per heavy atom. The van der Waals surface area contributed by atoms with Gasteiger partial charge in [-0.1, -0.05) is 57.2 Å². The summed E-state index contributed by atoms with van der Waals surface area (Å²) in [4.78, 5) is 25.5. The molecule has 6 nitrogen and oxygen atoms in total. The largest absolute Gasteiger partial charge is 0.481 e. The summed E-state index contributed by atoms with van der Waals surface area (Å²) in [6.45, 7) is 15.1. The van der Waals surface area contributed by atoms with Crippen molar-refractivity contribution in [3.8, 4) is 0 Å². The topological polar surface area (TPSA) is 84.9 Å². The van der Waals surface area contributed by atoms with Gasteiger partial charge in [0.25, 0.3) is 0 Å². The minimum absolute atomic E-state index is 0.119. The van der Waals surface area contributed by atoms with E-state index >= 15 is 0 Å². The predicted octanol–water partition coefficient (Wildman–Crippen LogP) is 7.46. The van der Waals surface area contributed by atoms with E-state index in [2.05, 4.69) is 39.2 Å². The third kappa shape index (κ3) is 10.7. The number of carbonyl (C=O) groups excluding carboxylic acids is 1. The van der Waals surface area contributed by atoms with Crippen LogP contribution in [-0.4, -0.2) is 43.2 Å². The fourth-order valence-corrected chi connectivity index (χ4v) is 5.43. The first-order chi connectivity index (χ1) is 18.4. The van der Waals surface area contributed by atoms with Gasteiger partial charge in [0.05, 0.1) is 18.1 Å². The van der Waals surface area contributed by atoms with Crippen molar-refractivity contribution in [2.75, 3.05) is 0 Å². The Labute approximate surface area is 238 Å². The van der Waals surface area contributed by atoms with Crippen LogP contribution < -0.4 is 5.32 Å². The quantitative estimate of drug-likeness (QED) is 0.256. The van der Waals surface area contributed by atoms with Gasteiger partial charge in [-0.2, -0.15) is 0 Å². The number of aliphatic carboxylic acids is 1. The summed E-state index contributed by atoms with van der Waals surface area (Å²) in [6, 6.07) is 12.1. The van der Waals surface area contributed by atoms with E-state index in [4.69, 9.17) is 9.16 Å². The Morgan fingerprint density at radius 1 is 0.900 bits per heavy atom. The Hall–Kier alpha value is -2.78. The van der Waals surface area contributed by atoms with E-state index in [0.717, 1.165) is 11.1 Å². The number of rotatable bonds is 12. The lowest BCUT2D eigenvalue weighted by atomic mass is 9.89. The zero-order valence-electron chi connectivity index (χ0n) is 25.0. The van der Waals surface area contributed by atoms with Crippen molar-refractivity contribution in [3.63, 3.8) is 0 Å². The van der Waals surface area contributed by atoms with Crippen LogP contribution in [0.25, 0.3) is 0 Å². The lowest BCUT2D eigenvalue weighted by Gasteiger charge is -2.42. The summed E-state index contributed by atoms with van der Waals surface area (Å²) in [5.74, 6) is -2.20. The molecule has 0 spiro atoms. The van der Waals surface area contributed by atoms with Gasteiger partial charge in [0.15, 0.2) is 8.32 Å². The van der Waals surface area contributed by atoms with Gasteiger partial charge < -0.3 is 19.6 Å². The number of nitrogens with one attached hydrogen (secondary N) is 1. The van der Waals surface area contributed by atoms with Crippen LogP contribution in [-0.2, 0) is 33.5 Å². The van der Waals surface area contributed by atoms with E-state index in [-0.39, 0.29) is 30.1 Å². The SMILES string of the molecule is CC(C)(C)OC(=O)N[C@@H](Cc1ccc(F)cc1)[C@H](C[C@@H](Cc1ccc(CF)cc1)C(=O)O)O[Si](C)(C)C(C)(C)C. The normalized spacial score (nSPS) is 14.8. The molecule has 0 saturated carbocycles. The van der Waals surface area contributed by atoms with Gasteiger partial charge in [-0.25, -0.2) is 13.6 Å². The fraction of sp³-hybridized carbons (Fsp3) is 0.548. The van der Waals surface area contributed by atoms with Gasteiger partial charge >= 0.3 is 12.1 Å². The third-order valence-electron chi connectivity index (χ3n) is 7.30.